The van der Waals surface area contributed by atoms with Gasteiger partial charge in [-0.2, -0.15) is 0 Å². The minimum atomic E-state index is -0.0448. The van der Waals surface area contributed by atoms with E-state index in [1.807, 2.05) is 25.1 Å². The van der Waals surface area contributed by atoms with Gasteiger partial charge in [0.1, 0.15) is 0 Å². The molecule has 1 unspecified atom stereocenters. The molecule has 18 heavy (non-hydrogen) atoms. The van der Waals surface area contributed by atoms with E-state index in [2.05, 4.69) is 15.9 Å². The molecule has 0 radical (unpaired) electrons. The van der Waals surface area contributed by atoms with Crippen molar-refractivity contribution in [2.45, 2.75) is 13.0 Å². The van der Waals surface area contributed by atoms with Crippen LogP contribution in [0.4, 0.5) is 0 Å². The van der Waals surface area contributed by atoms with Gasteiger partial charge in [0.25, 0.3) is 5.91 Å². The second kappa shape index (κ2) is 5.82. The number of aryl methyl sites for hydroxylation is 1. The van der Waals surface area contributed by atoms with Crippen molar-refractivity contribution in [3.8, 4) is 0 Å². The van der Waals surface area contributed by atoms with Gasteiger partial charge in [0, 0.05) is 29.7 Å². The van der Waals surface area contributed by atoms with Gasteiger partial charge in [0.05, 0.1) is 12.7 Å². The topological polar surface area (TPSA) is 55.6 Å². The number of hydrogen-bond donors (Lipinski definition) is 1. The van der Waals surface area contributed by atoms with Gasteiger partial charge in [-0.25, -0.2) is 0 Å². The SMILES string of the molecule is Cc1ccc(C(=O)N2CCOC(CN)C2)cc1Br. The van der Waals surface area contributed by atoms with Crippen LogP contribution in [-0.4, -0.2) is 43.2 Å². The number of carbonyl (C=O) groups excluding carboxylic acids is 1. The molecule has 1 saturated heterocycles. The van der Waals surface area contributed by atoms with Crippen molar-refractivity contribution in [1.82, 2.24) is 4.90 Å². The van der Waals surface area contributed by atoms with E-state index in [-0.39, 0.29) is 12.0 Å². The van der Waals surface area contributed by atoms with Crippen LogP contribution in [0.1, 0.15) is 15.9 Å². The first-order valence-corrected chi connectivity index (χ1v) is 6.78. The Balaban J connectivity index is 2.12. The fourth-order valence-corrected chi connectivity index (χ4v) is 2.33. The zero-order chi connectivity index (χ0) is 13.1. The highest BCUT2D eigenvalue weighted by molar-refractivity contribution is 9.10. The number of carbonyl (C=O) groups is 1. The molecule has 0 bridgehead atoms. The second-order valence-electron chi connectivity index (χ2n) is 4.44. The Kier molecular flexibility index (Phi) is 4.37. The first-order valence-electron chi connectivity index (χ1n) is 5.99. The molecule has 1 heterocycles. The van der Waals surface area contributed by atoms with Crippen molar-refractivity contribution < 1.29 is 9.53 Å². The smallest absolute Gasteiger partial charge is 0.254 e. The van der Waals surface area contributed by atoms with E-state index in [0.29, 0.717) is 31.8 Å². The quantitative estimate of drug-likeness (QED) is 0.901. The summed E-state index contributed by atoms with van der Waals surface area (Å²) in [4.78, 5) is 14.1. The van der Waals surface area contributed by atoms with E-state index in [9.17, 15) is 4.79 Å². The summed E-state index contributed by atoms with van der Waals surface area (Å²) in [6, 6.07) is 5.66. The van der Waals surface area contributed by atoms with Crippen molar-refractivity contribution in [3.05, 3.63) is 33.8 Å². The van der Waals surface area contributed by atoms with Gasteiger partial charge in [-0.1, -0.05) is 22.0 Å². The summed E-state index contributed by atoms with van der Waals surface area (Å²) in [6.07, 6.45) is -0.0448. The number of ether oxygens (including phenoxy) is 1. The third-order valence-corrected chi connectivity index (χ3v) is 3.96. The highest BCUT2D eigenvalue weighted by atomic mass is 79.9. The second-order valence-corrected chi connectivity index (χ2v) is 5.30. The van der Waals surface area contributed by atoms with Crippen LogP contribution in [0.15, 0.2) is 22.7 Å². The molecule has 98 valence electrons. The molecule has 1 fully saturated rings. The Morgan fingerprint density at radius 2 is 2.39 bits per heavy atom. The van der Waals surface area contributed by atoms with Crippen molar-refractivity contribution >= 4 is 21.8 Å². The van der Waals surface area contributed by atoms with E-state index < -0.39 is 0 Å². The molecule has 1 aliphatic rings. The third kappa shape index (κ3) is 2.91. The van der Waals surface area contributed by atoms with Crippen molar-refractivity contribution in [3.63, 3.8) is 0 Å². The van der Waals surface area contributed by atoms with Gasteiger partial charge >= 0.3 is 0 Å². The van der Waals surface area contributed by atoms with E-state index in [0.717, 1.165) is 10.0 Å². The molecule has 0 saturated carbocycles. The number of halogens is 1. The Hall–Kier alpha value is -0.910. The van der Waals surface area contributed by atoms with Crippen LogP contribution < -0.4 is 5.73 Å². The van der Waals surface area contributed by atoms with Gasteiger partial charge in [-0.15, -0.1) is 0 Å². The molecule has 1 amide bonds. The molecule has 0 aromatic heterocycles. The van der Waals surface area contributed by atoms with E-state index in [1.54, 1.807) is 4.90 Å². The summed E-state index contributed by atoms with van der Waals surface area (Å²) in [7, 11) is 0. The normalized spacial score (nSPS) is 19.9. The predicted molar refractivity (Wildman–Crippen MR) is 73.6 cm³/mol. The molecular weight excluding hydrogens is 296 g/mol. The van der Waals surface area contributed by atoms with Crippen LogP contribution in [-0.2, 0) is 4.74 Å². The zero-order valence-electron chi connectivity index (χ0n) is 10.4. The van der Waals surface area contributed by atoms with Gasteiger partial charge in [0.2, 0.25) is 0 Å². The Bertz CT molecular complexity index is 451. The van der Waals surface area contributed by atoms with Gasteiger partial charge < -0.3 is 15.4 Å². The summed E-state index contributed by atoms with van der Waals surface area (Å²) in [5.74, 6) is 0.0393. The van der Waals surface area contributed by atoms with Gasteiger partial charge in [0.15, 0.2) is 0 Å². The standard InChI is InChI=1S/C13H17BrN2O2/c1-9-2-3-10(6-12(9)14)13(17)16-4-5-18-11(7-15)8-16/h2-3,6,11H,4-5,7-8,15H2,1H3. The maximum Gasteiger partial charge on any atom is 0.254 e. The minimum absolute atomic E-state index is 0.0393. The lowest BCUT2D eigenvalue weighted by Gasteiger charge is -2.32. The van der Waals surface area contributed by atoms with Gasteiger partial charge in [-0.3, -0.25) is 4.79 Å². The average molecular weight is 313 g/mol. The molecule has 1 aliphatic heterocycles. The third-order valence-electron chi connectivity index (χ3n) is 3.11. The molecular formula is C13H17BrN2O2. The fraction of sp³-hybridized carbons (Fsp3) is 0.462. The fourth-order valence-electron chi connectivity index (χ4n) is 1.95. The first kappa shape index (κ1) is 13.5. The molecule has 0 aliphatic carbocycles. The first-order chi connectivity index (χ1) is 8.61. The molecule has 2 rings (SSSR count). The van der Waals surface area contributed by atoms with Gasteiger partial charge in [-0.05, 0) is 24.6 Å². The number of benzene rings is 1. The number of amides is 1. The number of hydrogen-bond acceptors (Lipinski definition) is 3. The van der Waals surface area contributed by atoms with Crippen LogP contribution in [0.25, 0.3) is 0 Å². The molecule has 1 aromatic carbocycles. The van der Waals surface area contributed by atoms with E-state index in [4.69, 9.17) is 10.5 Å². The average Bonchev–Trinajstić information content (AvgIpc) is 2.41. The van der Waals surface area contributed by atoms with Crippen molar-refractivity contribution in [2.75, 3.05) is 26.2 Å². The van der Waals surface area contributed by atoms with Crippen LogP contribution >= 0.6 is 15.9 Å². The summed E-state index contributed by atoms with van der Waals surface area (Å²) in [5, 5.41) is 0. The lowest BCUT2D eigenvalue weighted by Crippen LogP contribution is -2.48. The molecule has 1 atom stereocenters. The maximum atomic E-state index is 12.3. The van der Waals surface area contributed by atoms with E-state index in [1.165, 1.54) is 0 Å². The predicted octanol–water partition coefficient (Wildman–Crippen LogP) is 1.56. The highest BCUT2D eigenvalue weighted by Gasteiger charge is 2.24. The molecule has 1 aromatic rings. The molecule has 4 nitrogen and oxygen atoms in total. The molecule has 5 heteroatoms. The van der Waals surface area contributed by atoms with Crippen LogP contribution in [0.2, 0.25) is 0 Å². The summed E-state index contributed by atoms with van der Waals surface area (Å²) >= 11 is 3.45. The molecule has 2 N–H and O–H groups in total. The van der Waals surface area contributed by atoms with Crippen LogP contribution in [0, 0.1) is 6.92 Å². The molecule has 0 spiro atoms. The Labute approximate surface area is 115 Å². The summed E-state index contributed by atoms with van der Waals surface area (Å²) in [5.41, 5.74) is 7.40. The van der Waals surface area contributed by atoms with Crippen molar-refractivity contribution in [1.29, 1.82) is 0 Å². The van der Waals surface area contributed by atoms with Crippen LogP contribution in [0.3, 0.4) is 0 Å². The highest BCUT2D eigenvalue weighted by Crippen LogP contribution is 2.19. The van der Waals surface area contributed by atoms with Crippen molar-refractivity contribution in [2.24, 2.45) is 5.73 Å². The Morgan fingerprint density at radius 1 is 1.61 bits per heavy atom. The lowest BCUT2D eigenvalue weighted by molar-refractivity contribution is -0.0167. The number of nitrogens with two attached hydrogens (primary N) is 1. The lowest BCUT2D eigenvalue weighted by atomic mass is 10.1. The zero-order valence-corrected chi connectivity index (χ0v) is 11.9. The maximum absolute atomic E-state index is 12.3. The number of morpholine rings is 1. The summed E-state index contributed by atoms with van der Waals surface area (Å²) < 4.78 is 6.41. The largest absolute Gasteiger partial charge is 0.373 e. The van der Waals surface area contributed by atoms with Crippen LogP contribution in [0.5, 0.6) is 0 Å². The Morgan fingerprint density at radius 3 is 3.06 bits per heavy atom. The number of nitrogens with zero attached hydrogens (tertiary/aromatic N) is 1. The monoisotopic (exact) mass is 312 g/mol. The van der Waals surface area contributed by atoms with E-state index >= 15 is 0 Å². The minimum Gasteiger partial charge on any atom is -0.373 e. The number of rotatable bonds is 2. The summed E-state index contributed by atoms with van der Waals surface area (Å²) in [6.45, 7) is 4.20.